The fraction of sp³-hybridized carbons (Fsp3) is 0.115. The second kappa shape index (κ2) is 7.69. The van der Waals surface area contributed by atoms with E-state index in [1.807, 2.05) is 18.2 Å². The summed E-state index contributed by atoms with van der Waals surface area (Å²) in [6, 6.07) is 21.2. The summed E-state index contributed by atoms with van der Waals surface area (Å²) < 4.78 is 2.17. The van der Waals surface area contributed by atoms with Gasteiger partial charge in [0.15, 0.2) is 0 Å². The molecule has 1 heterocycles. The molecular formula is C26H24N2. The Balaban J connectivity index is 1.93. The van der Waals surface area contributed by atoms with E-state index in [2.05, 4.69) is 85.4 Å². The zero-order chi connectivity index (χ0) is 19.5. The number of imidazole rings is 1. The number of fused-ring (bicyclic) bond motifs is 2. The highest BCUT2D eigenvalue weighted by atomic mass is 15.1. The van der Waals surface area contributed by atoms with Gasteiger partial charge < -0.3 is 4.57 Å². The van der Waals surface area contributed by atoms with Gasteiger partial charge in [-0.05, 0) is 58.5 Å². The van der Waals surface area contributed by atoms with Crippen LogP contribution < -0.4 is 0 Å². The van der Waals surface area contributed by atoms with E-state index in [0.29, 0.717) is 0 Å². The van der Waals surface area contributed by atoms with Gasteiger partial charge in [0.2, 0.25) is 0 Å². The highest BCUT2D eigenvalue weighted by Crippen LogP contribution is 2.29. The predicted molar refractivity (Wildman–Crippen MR) is 121 cm³/mol. The fourth-order valence-corrected chi connectivity index (χ4v) is 3.85. The first-order valence-electron chi connectivity index (χ1n) is 9.57. The molecule has 0 aliphatic heterocycles. The summed E-state index contributed by atoms with van der Waals surface area (Å²) in [5.41, 5.74) is 5.82. The Kier molecular flexibility index (Phi) is 4.94. The van der Waals surface area contributed by atoms with E-state index >= 15 is 0 Å². The molecule has 0 saturated carbocycles. The van der Waals surface area contributed by atoms with Gasteiger partial charge >= 0.3 is 0 Å². The van der Waals surface area contributed by atoms with Crippen LogP contribution in [0.5, 0.6) is 0 Å². The van der Waals surface area contributed by atoms with E-state index in [0.717, 1.165) is 35.3 Å². The van der Waals surface area contributed by atoms with Crippen LogP contribution in [0.3, 0.4) is 0 Å². The molecule has 0 N–H and O–H groups in total. The van der Waals surface area contributed by atoms with Crippen molar-refractivity contribution in [1.82, 2.24) is 9.55 Å². The predicted octanol–water partition coefficient (Wildman–Crippen LogP) is 6.57. The summed E-state index contributed by atoms with van der Waals surface area (Å²) in [5.74, 6) is 0.985. The lowest BCUT2D eigenvalue weighted by atomic mass is 9.94. The van der Waals surface area contributed by atoms with Gasteiger partial charge in [0.05, 0.1) is 11.0 Å². The molecular weight excluding hydrogens is 340 g/mol. The van der Waals surface area contributed by atoms with Gasteiger partial charge in [0, 0.05) is 7.05 Å². The first-order valence-corrected chi connectivity index (χ1v) is 9.57. The lowest BCUT2D eigenvalue weighted by Crippen LogP contribution is -1.98. The Hall–Kier alpha value is -3.39. The third-order valence-electron chi connectivity index (χ3n) is 5.19. The van der Waals surface area contributed by atoms with E-state index < -0.39 is 0 Å². The minimum atomic E-state index is 0.761. The third kappa shape index (κ3) is 3.18. The molecule has 2 nitrogen and oxygen atoms in total. The number of hydrogen-bond donors (Lipinski definition) is 0. The maximum Gasteiger partial charge on any atom is 0.137 e. The second-order valence-corrected chi connectivity index (χ2v) is 6.99. The normalized spacial score (nSPS) is 11.8. The molecule has 0 amide bonds. The molecule has 138 valence electrons. The molecule has 0 saturated heterocycles. The second-order valence-electron chi connectivity index (χ2n) is 6.99. The molecule has 2 heteroatoms. The molecule has 28 heavy (non-hydrogen) atoms. The van der Waals surface area contributed by atoms with E-state index in [1.165, 1.54) is 21.9 Å². The fourth-order valence-electron chi connectivity index (χ4n) is 3.85. The number of benzene rings is 3. The van der Waals surface area contributed by atoms with Gasteiger partial charge in [0.1, 0.15) is 5.82 Å². The largest absolute Gasteiger partial charge is 0.327 e. The summed E-state index contributed by atoms with van der Waals surface area (Å²) in [6.07, 6.45) is 7.77. The van der Waals surface area contributed by atoms with Crippen LogP contribution >= 0.6 is 0 Å². The van der Waals surface area contributed by atoms with Crippen LogP contribution in [0.15, 0.2) is 86.0 Å². The van der Waals surface area contributed by atoms with E-state index in [-0.39, 0.29) is 0 Å². The van der Waals surface area contributed by atoms with E-state index in [9.17, 15) is 0 Å². The van der Waals surface area contributed by atoms with Crippen molar-refractivity contribution in [3.63, 3.8) is 0 Å². The van der Waals surface area contributed by atoms with Crippen molar-refractivity contribution in [2.75, 3.05) is 0 Å². The van der Waals surface area contributed by atoms with Crippen LogP contribution in [-0.4, -0.2) is 9.55 Å². The molecule has 0 unspecified atom stereocenters. The van der Waals surface area contributed by atoms with Crippen molar-refractivity contribution in [2.45, 2.75) is 12.8 Å². The SMILES string of the molecule is C=CC/C(=C\c1ccc2ccccc2c1CC=C)c1nc2ccccc2n1C. The topological polar surface area (TPSA) is 17.8 Å². The maximum atomic E-state index is 4.89. The van der Waals surface area contributed by atoms with Gasteiger partial charge in [-0.1, -0.05) is 60.7 Å². The van der Waals surface area contributed by atoms with Gasteiger partial charge in [-0.3, -0.25) is 0 Å². The first-order chi connectivity index (χ1) is 13.7. The summed E-state index contributed by atoms with van der Waals surface area (Å²) in [5, 5.41) is 2.53. The number of aromatic nitrogens is 2. The monoisotopic (exact) mass is 364 g/mol. The van der Waals surface area contributed by atoms with Crippen LogP contribution in [0.25, 0.3) is 33.5 Å². The number of hydrogen-bond acceptors (Lipinski definition) is 1. The minimum Gasteiger partial charge on any atom is -0.327 e. The van der Waals surface area contributed by atoms with Gasteiger partial charge in [-0.15, -0.1) is 13.2 Å². The first kappa shape index (κ1) is 18.0. The van der Waals surface area contributed by atoms with Crippen molar-refractivity contribution in [1.29, 1.82) is 0 Å². The molecule has 0 radical (unpaired) electrons. The molecule has 3 aromatic carbocycles. The molecule has 0 fully saturated rings. The zero-order valence-corrected chi connectivity index (χ0v) is 16.2. The van der Waals surface area contributed by atoms with Gasteiger partial charge in [-0.25, -0.2) is 4.98 Å². The van der Waals surface area contributed by atoms with Crippen LogP contribution in [0, 0.1) is 0 Å². The molecule has 0 spiro atoms. The summed E-state index contributed by atoms with van der Waals surface area (Å²) >= 11 is 0. The van der Waals surface area contributed by atoms with Gasteiger partial charge in [0.25, 0.3) is 0 Å². The van der Waals surface area contributed by atoms with Crippen LogP contribution in [-0.2, 0) is 13.5 Å². The molecule has 0 bridgehead atoms. The molecule has 0 aliphatic rings. The standard InChI is InChI=1S/C26H24N2/c1-4-10-21(26-27-24-14-8-9-15-25(24)28(26)3)18-20-17-16-19-12-6-7-13-23(19)22(20)11-5-2/h4-9,12-18H,1-2,10-11H2,3H3/b21-18+. The van der Waals surface area contributed by atoms with E-state index in [1.54, 1.807) is 0 Å². The summed E-state index contributed by atoms with van der Waals surface area (Å²) in [6.45, 7) is 7.93. The lowest BCUT2D eigenvalue weighted by molar-refractivity contribution is 0.916. The Morgan fingerprint density at radius 2 is 1.75 bits per heavy atom. The van der Waals surface area contributed by atoms with Crippen molar-refractivity contribution in [3.05, 3.63) is 103 Å². The van der Waals surface area contributed by atoms with Crippen molar-refractivity contribution in [3.8, 4) is 0 Å². The highest BCUT2D eigenvalue weighted by molar-refractivity contribution is 5.92. The Morgan fingerprint density at radius 1 is 0.964 bits per heavy atom. The average Bonchev–Trinajstić information content (AvgIpc) is 3.06. The number of para-hydroxylation sites is 2. The van der Waals surface area contributed by atoms with Crippen LogP contribution in [0.4, 0.5) is 0 Å². The smallest absolute Gasteiger partial charge is 0.137 e. The zero-order valence-electron chi connectivity index (χ0n) is 16.2. The Labute approximate surface area is 166 Å². The number of nitrogens with zero attached hydrogens (tertiary/aromatic N) is 2. The quantitative estimate of drug-likeness (QED) is 0.354. The van der Waals surface area contributed by atoms with Gasteiger partial charge in [-0.2, -0.15) is 0 Å². The Bertz CT molecular complexity index is 1210. The number of aryl methyl sites for hydroxylation is 1. The third-order valence-corrected chi connectivity index (χ3v) is 5.19. The van der Waals surface area contributed by atoms with Crippen LogP contribution in [0.1, 0.15) is 23.4 Å². The average molecular weight is 364 g/mol. The highest BCUT2D eigenvalue weighted by Gasteiger charge is 2.13. The molecule has 1 aromatic heterocycles. The summed E-state index contributed by atoms with van der Waals surface area (Å²) in [4.78, 5) is 4.89. The Morgan fingerprint density at radius 3 is 2.54 bits per heavy atom. The number of allylic oxidation sites excluding steroid dienone is 3. The molecule has 0 aliphatic carbocycles. The van der Waals surface area contributed by atoms with Crippen LogP contribution in [0.2, 0.25) is 0 Å². The number of rotatable bonds is 6. The lowest BCUT2D eigenvalue weighted by Gasteiger charge is -2.12. The molecule has 4 rings (SSSR count). The summed E-state index contributed by atoms with van der Waals surface area (Å²) in [7, 11) is 2.08. The van der Waals surface area contributed by atoms with E-state index in [4.69, 9.17) is 4.98 Å². The maximum absolute atomic E-state index is 4.89. The van der Waals surface area contributed by atoms with Crippen molar-refractivity contribution < 1.29 is 0 Å². The molecule has 0 atom stereocenters. The van der Waals surface area contributed by atoms with Crippen molar-refractivity contribution >= 4 is 33.5 Å². The molecule has 4 aromatic rings. The van der Waals surface area contributed by atoms with Crippen molar-refractivity contribution in [2.24, 2.45) is 7.05 Å². The minimum absolute atomic E-state index is 0.761.